The summed E-state index contributed by atoms with van der Waals surface area (Å²) in [6.45, 7) is 0.493. The molecular formula is C22H19ClN4OS. The van der Waals surface area contributed by atoms with Crippen molar-refractivity contribution in [2.45, 2.75) is 13.0 Å². The Hall–Kier alpha value is -2.96. The molecule has 1 amide bonds. The van der Waals surface area contributed by atoms with Gasteiger partial charge in [-0.25, -0.2) is 9.67 Å². The van der Waals surface area contributed by atoms with Gasteiger partial charge in [-0.2, -0.15) is 5.10 Å². The summed E-state index contributed by atoms with van der Waals surface area (Å²) in [5.41, 5.74) is 3.60. The Labute approximate surface area is 178 Å². The number of likely N-dealkylation sites (N-methyl/N-ethyl adjacent to an activating group) is 1. The van der Waals surface area contributed by atoms with Gasteiger partial charge in [0.1, 0.15) is 5.01 Å². The molecule has 4 aromatic rings. The first-order valence-electron chi connectivity index (χ1n) is 9.12. The smallest absolute Gasteiger partial charge is 0.228 e. The number of amides is 1. The first-order valence-corrected chi connectivity index (χ1v) is 10.4. The number of aromatic nitrogens is 3. The van der Waals surface area contributed by atoms with E-state index in [0.29, 0.717) is 11.6 Å². The maximum atomic E-state index is 12.6. The van der Waals surface area contributed by atoms with Gasteiger partial charge in [-0.05, 0) is 18.2 Å². The Balaban J connectivity index is 1.39. The summed E-state index contributed by atoms with van der Waals surface area (Å²) in [5.74, 6) is 0.00784. The summed E-state index contributed by atoms with van der Waals surface area (Å²) < 4.78 is 1.81. The summed E-state index contributed by atoms with van der Waals surface area (Å²) in [7, 11) is 1.80. The van der Waals surface area contributed by atoms with Crippen molar-refractivity contribution in [1.82, 2.24) is 19.7 Å². The molecule has 0 fully saturated rings. The molecule has 0 bridgehead atoms. The number of hydrogen-bond acceptors (Lipinski definition) is 4. The fourth-order valence-electron chi connectivity index (χ4n) is 2.96. The van der Waals surface area contributed by atoms with Crippen molar-refractivity contribution in [3.8, 4) is 16.3 Å². The highest BCUT2D eigenvalue weighted by atomic mass is 35.5. The van der Waals surface area contributed by atoms with Gasteiger partial charge in [0.2, 0.25) is 5.91 Å². The van der Waals surface area contributed by atoms with Gasteiger partial charge in [-0.3, -0.25) is 4.79 Å². The molecule has 0 saturated carbocycles. The first kappa shape index (κ1) is 19.4. The fraction of sp³-hybridized carbons (Fsp3) is 0.136. The monoisotopic (exact) mass is 422 g/mol. The quantitative estimate of drug-likeness (QED) is 0.446. The lowest BCUT2D eigenvalue weighted by Gasteiger charge is -2.15. The summed E-state index contributed by atoms with van der Waals surface area (Å²) >= 11 is 7.74. The van der Waals surface area contributed by atoms with E-state index in [9.17, 15) is 4.79 Å². The SMILES string of the molecule is CN(Cc1cnn(-c2ccccc2)c1)C(=O)Cc1csc(-c2ccccc2Cl)n1. The summed E-state index contributed by atoms with van der Waals surface area (Å²) in [5, 5.41) is 7.78. The van der Waals surface area contributed by atoms with Crippen molar-refractivity contribution < 1.29 is 4.79 Å². The zero-order valence-electron chi connectivity index (χ0n) is 15.8. The number of hydrogen-bond donors (Lipinski definition) is 0. The van der Waals surface area contributed by atoms with Crippen molar-refractivity contribution in [1.29, 1.82) is 0 Å². The summed E-state index contributed by atoms with van der Waals surface area (Å²) in [4.78, 5) is 18.9. The molecule has 2 aromatic heterocycles. The minimum absolute atomic E-state index is 0.00784. The van der Waals surface area contributed by atoms with Crippen LogP contribution < -0.4 is 0 Å². The van der Waals surface area contributed by atoms with Crippen molar-refractivity contribution in [3.63, 3.8) is 0 Å². The molecular weight excluding hydrogens is 404 g/mol. The highest BCUT2D eigenvalue weighted by Crippen LogP contribution is 2.30. The van der Waals surface area contributed by atoms with Gasteiger partial charge >= 0.3 is 0 Å². The van der Waals surface area contributed by atoms with Crippen LogP contribution >= 0.6 is 22.9 Å². The zero-order valence-corrected chi connectivity index (χ0v) is 17.4. The van der Waals surface area contributed by atoms with E-state index < -0.39 is 0 Å². The van der Waals surface area contributed by atoms with Gasteiger partial charge in [0.05, 0.1) is 29.0 Å². The number of nitrogens with zero attached hydrogens (tertiary/aromatic N) is 4. The predicted molar refractivity (Wildman–Crippen MR) is 116 cm³/mol. The third kappa shape index (κ3) is 4.55. The van der Waals surface area contributed by atoms with Gasteiger partial charge in [0.25, 0.3) is 0 Å². The highest BCUT2D eigenvalue weighted by Gasteiger charge is 2.15. The Kier molecular flexibility index (Phi) is 5.74. The molecule has 0 radical (unpaired) electrons. The van der Waals surface area contributed by atoms with Crippen LogP contribution in [0.4, 0.5) is 0 Å². The molecule has 2 heterocycles. The molecule has 0 saturated heterocycles. The van der Waals surface area contributed by atoms with Crippen molar-refractivity contribution >= 4 is 28.8 Å². The lowest BCUT2D eigenvalue weighted by atomic mass is 10.2. The minimum atomic E-state index is 0.00784. The lowest BCUT2D eigenvalue weighted by Crippen LogP contribution is -2.27. The van der Waals surface area contributed by atoms with Gasteiger partial charge in [0.15, 0.2) is 0 Å². The van der Waals surface area contributed by atoms with Crippen molar-refractivity contribution in [3.05, 3.63) is 88.7 Å². The van der Waals surface area contributed by atoms with Gasteiger partial charge in [0, 0.05) is 36.3 Å². The highest BCUT2D eigenvalue weighted by molar-refractivity contribution is 7.13. The number of carbonyl (C=O) groups excluding carboxylic acids is 1. The van der Waals surface area contributed by atoms with E-state index in [1.165, 1.54) is 11.3 Å². The Morgan fingerprint density at radius 1 is 1.14 bits per heavy atom. The number of halogens is 1. The van der Waals surface area contributed by atoms with Crippen LogP contribution in [-0.2, 0) is 17.8 Å². The largest absolute Gasteiger partial charge is 0.341 e. The third-order valence-corrected chi connectivity index (χ3v) is 5.74. The molecule has 2 aromatic carbocycles. The summed E-state index contributed by atoms with van der Waals surface area (Å²) in [6.07, 6.45) is 3.98. The molecule has 4 rings (SSSR count). The topological polar surface area (TPSA) is 51.0 Å². The molecule has 0 aliphatic heterocycles. The van der Waals surface area contributed by atoms with Crippen LogP contribution in [-0.4, -0.2) is 32.6 Å². The second-order valence-electron chi connectivity index (χ2n) is 6.68. The van der Waals surface area contributed by atoms with Crippen LogP contribution in [0.3, 0.4) is 0 Å². The average molecular weight is 423 g/mol. The molecule has 7 heteroatoms. The average Bonchev–Trinajstić information content (AvgIpc) is 3.39. The van der Waals surface area contributed by atoms with E-state index in [1.54, 1.807) is 18.1 Å². The van der Waals surface area contributed by atoms with Gasteiger partial charge in [-0.1, -0.05) is 48.0 Å². The van der Waals surface area contributed by atoms with Crippen molar-refractivity contribution in [2.24, 2.45) is 0 Å². The fourth-order valence-corrected chi connectivity index (χ4v) is 4.10. The lowest BCUT2D eigenvalue weighted by molar-refractivity contribution is -0.129. The predicted octanol–water partition coefficient (Wildman–Crippen LogP) is 4.85. The van der Waals surface area contributed by atoms with E-state index in [4.69, 9.17) is 11.6 Å². The number of benzene rings is 2. The Morgan fingerprint density at radius 3 is 2.69 bits per heavy atom. The maximum Gasteiger partial charge on any atom is 0.228 e. The van der Waals surface area contributed by atoms with E-state index >= 15 is 0 Å². The normalized spacial score (nSPS) is 10.8. The molecule has 0 spiro atoms. The Bertz CT molecular complexity index is 1120. The Morgan fingerprint density at radius 2 is 1.90 bits per heavy atom. The number of carbonyl (C=O) groups is 1. The van der Waals surface area contributed by atoms with Gasteiger partial charge < -0.3 is 4.90 Å². The number of thiazole rings is 1. The molecule has 0 unspecified atom stereocenters. The van der Waals surface area contributed by atoms with E-state index in [-0.39, 0.29) is 12.3 Å². The summed E-state index contributed by atoms with van der Waals surface area (Å²) in [6, 6.07) is 17.5. The van der Waals surface area contributed by atoms with E-state index in [2.05, 4.69) is 10.1 Å². The van der Waals surface area contributed by atoms with Crippen molar-refractivity contribution in [2.75, 3.05) is 7.05 Å². The molecule has 146 valence electrons. The zero-order chi connectivity index (χ0) is 20.2. The molecule has 0 aliphatic rings. The van der Waals surface area contributed by atoms with E-state index in [1.807, 2.05) is 70.9 Å². The molecule has 0 atom stereocenters. The third-order valence-electron chi connectivity index (χ3n) is 4.49. The first-order chi connectivity index (χ1) is 14.1. The molecule has 0 N–H and O–H groups in total. The maximum absolute atomic E-state index is 12.6. The van der Waals surface area contributed by atoms with Crippen LogP contribution in [0.15, 0.2) is 72.4 Å². The van der Waals surface area contributed by atoms with Crippen LogP contribution in [0.25, 0.3) is 16.3 Å². The van der Waals surface area contributed by atoms with Gasteiger partial charge in [-0.15, -0.1) is 11.3 Å². The van der Waals surface area contributed by atoms with Crippen LogP contribution in [0.1, 0.15) is 11.3 Å². The number of rotatable bonds is 6. The van der Waals surface area contributed by atoms with Crippen LogP contribution in [0, 0.1) is 0 Å². The standard InChI is InChI=1S/C22H19ClN4OS/c1-26(13-16-12-24-27(14-16)18-7-3-2-4-8-18)21(28)11-17-15-29-22(25-17)19-9-5-6-10-20(19)23/h2-10,12,14-15H,11,13H2,1H3. The minimum Gasteiger partial charge on any atom is -0.341 e. The van der Waals surface area contributed by atoms with Crippen LogP contribution in [0.5, 0.6) is 0 Å². The van der Waals surface area contributed by atoms with E-state index in [0.717, 1.165) is 27.5 Å². The molecule has 0 aliphatic carbocycles. The van der Waals surface area contributed by atoms with Crippen LogP contribution in [0.2, 0.25) is 5.02 Å². The number of para-hydroxylation sites is 1. The molecule has 29 heavy (non-hydrogen) atoms. The second-order valence-corrected chi connectivity index (χ2v) is 7.94. The second kappa shape index (κ2) is 8.59. The molecule has 5 nitrogen and oxygen atoms in total.